The Bertz CT molecular complexity index is 997. The standard InChI is InChI=1S/C14H10N4O/c1-8-6-12(19)18-14(15-8)10-7-9-4-2-3-5-11(9)16-13(10)17-18/h2-7H,1H3,(H,16,17). The number of hydrogen-bond donors (Lipinski definition) is 1. The molecule has 0 atom stereocenters. The molecule has 0 radical (unpaired) electrons. The minimum atomic E-state index is -0.121. The molecule has 3 aromatic heterocycles. The fraction of sp³-hybridized carbons (Fsp3) is 0.0714. The van der Waals surface area contributed by atoms with Gasteiger partial charge in [-0.1, -0.05) is 18.2 Å². The van der Waals surface area contributed by atoms with Crippen molar-refractivity contribution < 1.29 is 0 Å². The Hall–Kier alpha value is -2.69. The largest absolute Gasteiger partial charge is 0.272 e. The van der Waals surface area contributed by atoms with Crippen molar-refractivity contribution in [1.29, 1.82) is 0 Å². The SMILES string of the molecule is Cc1cc(=O)n2[nH]c3nc4ccccc4cc3c2n1. The topological polar surface area (TPSA) is 63.0 Å². The van der Waals surface area contributed by atoms with Crippen molar-refractivity contribution in [3.8, 4) is 0 Å². The summed E-state index contributed by atoms with van der Waals surface area (Å²) in [5.74, 6) is 0. The molecular formula is C14H10N4O. The summed E-state index contributed by atoms with van der Waals surface area (Å²) in [6.07, 6.45) is 0. The third-order valence-electron chi connectivity index (χ3n) is 3.23. The molecule has 0 aliphatic carbocycles. The van der Waals surface area contributed by atoms with Gasteiger partial charge in [-0.2, -0.15) is 4.52 Å². The van der Waals surface area contributed by atoms with E-state index in [2.05, 4.69) is 15.1 Å². The van der Waals surface area contributed by atoms with Gasteiger partial charge in [0.25, 0.3) is 5.56 Å². The number of H-pyrrole nitrogens is 1. The van der Waals surface area contributed by atoms with Crippen molar-refractivity contribution in [2.75, 3.05) is 0 Å². The van der Waals surface area contributed by atoms with Gasteiger partial charge < -0.3 is 0 Å². The molecule has 0 amide bonds. The van der Waals surface area contributed by atoms with Gasteiger partial charge in [-0.25, -0.2) is 9.97 Å². The molecular weight excluding hydrogens is 240 g/mol. The van der Waals surface area contributed by atoms with Crippen LogP contribution in [-0.4, -0.2) is 19.6 Å². The molecule has 0 bridgehead atoms. The number of aryl methyl sites for hydroxylation is 1. The maximum atomic E-state index is 11.9. The summed E-state index contributed by atoms with van der Waals surface area (Å²) in [6, 6.07) is 11.4. The Morgan fingerprint density at radius 3 is 2.89 bits per heavy atom. The van der Waals surface area contributed by atoms with Gasteiger partial charge in [0.1, 0.15) is 0 Å². The Kier molecular flexibility index (Phi) is 1.84. The highest BCUT2D eigenvalue weighted by molar-refractivity contribution is 5.98. The number of aromatic nitrogens is 4. The highest BCUT2D eigenvalue weighted by Crippen LogP contribution is 2.21. The van der Waals surface area contributed by atoms with E-state index in [0.29, 0.717) is 17.0 Å². The van der Waals surface area contributed by atoms with Crippen LogP contribution in [-0.2, 0) is 0 Å². The summed E-state index contributed by atoms with van der Waals surface area (Å²) in [5, 5.41) is 4.89. The first-order valence-corrected chi connectivity index (χ1v) is 6.00. The van der Waals surface area contributed by atoms with Gasteiger partial charge in [0, 0.05) is 17.1 Å². The minimum Gasteiger partial charge on any atom is -0.272 e. The van der Waals surface area contributed by atoms with E-state index in [1.54, 1.807) is 0 Å². The molecule has 0 spiro atoms. The molecule has 0 fully saturated rings. The van der Waals surface area contributed by atoms with E-state index in [9.17, 15) is 4.79 Å². The molecule has 92 valence electrons. The van der Waals surface area contributed by atoms with Crippen molar-refractivity contribution in [3.05, 3.63) is 52.4 Å². The molecule has 5 heteroatoms. The summed E-state index contributed by atoms with van der Waals surface area (Å²) in [7, 11) is 0. The minimum absolute atomic E-state index is 0.121. The lowest BCUT2D eigenvalue weighted by molar-refractivity contribution is 0.899. The predicted octanol–water partition coefficient (Wildman–Crippen LogP) is 2.03. The second kappa shape index (κ2) is 3.41. The van der Waals surface area contributed by atoms with Crippen molar-refractivity contribution in [1.82, 2.24) is 19.6 Å². The van der Waals surface area contributed by atoms with E-state index in [1.165, 1.54) is 10.6 Å². The van der Waals surface area contributed by atoms with Gasteiger partial charge in [0.05, 0.1) is 10.9 Å². The highest BCUT2D eigenvalue weighted by Gasteiger charge is 2.09. The predicted molar refractivity (Wildman–Crippen MR) is 73.4 cm³/mol. The molecule has 19 heavy (non-hydrogen) atoms. The number of nitrogens with one attached hydrogen (secondary N) is 1. The third kappa shape index (κ3) is 1.38. The van der Waals surface area contributed by atoms with Crippen LogP contribution >= 0.6 is 0 Å². The molecule has 0 aliphatic rings. The molecule has 4 rings (SSSR count). The average Bonchev–Trinajstić information content (AvgIpc) is 2.74. The number of fused-ring (bicyclic) bond motifs is 4. The number of para-hydroxylation sites is 1. The van der Waals surface area contributed by atoms with E-state index in [1.807, 2.05) is 37.3 Å². The van der Waals surface area contributed by atoms with Crippen LogP contribution in [0, 0.1) is 6.92 Å². The van der Waals surface area contributed by atoms with Gasteiger partial charge in [-0.15, -0.1) is 0 Å². The van der Waals surface area contributed by atoms with Crippen LogP contribution in [0.25, 0.3) is 27.6 Å². The monoisotopic (exact) mass is 250 g/mol. The fourth-order valence-electron chi connectivity index (χ4n) is 2.36. The smallest absolute Gasteiger partial charge is 0.272 e. The van der Waals surface area contributed by atoms with Crippen LogP contribution in [0.15, 0.2) is 41.2 Å². The van der Waals surface area contributed by atoms with Crippen molar-refractivity contribution >= 4 is 27.6 Å². The first-order valence-electron chi connectivity index (χ1n) is 6.00. The zero-order valence-corrected chi connectivity index (χ0v) is 10.2. The lowest BCUT2D eigenvalue weighted by atomic mass is 10.2. The molecule has 1 N–H and O–H groups in total. The molecule has 4 aromatic rings. The number of aromatic amines is 1. The van der Waals surface area contributed by atoms with Crippen LogP contribution in [0.4, 0.5) is 0 Å². The molecule has 0 aliphatic heterocycles. The zero-order valence-electron chi connectivity index (χ0n) is 10.2. The van der Waals surface area contributed by atoms with Crippen LogP contribution < -0.4 is 5.56 Å². The summed E-state index contributed by atoms with van der Waals surface area (Å²) in [4.78, 5) is 20.9. The fourth-order valence-corrected chi connectivity index (χ4v) is 2.36. The van der Waals surface area contributed by atoms with Crippen LogP contribution in [0.5, 0.6) is 0 Å². The van der Waals surface area contributed by atoms with E-state index in [-0.39, 0.29) is 5.56 Å². The number of benzene rings is 1. The summed E-state index contributed by atoms with van der Waals surface area (Å²) < 4.78 is 1.43. The first-order chi connectivity index (χ1) is 9.22. The van der Waals surface area contributed by atoms with Gasteiger partial charge >= 0.3 is 0 Å². The van der Waals surface area contributed by atoms with Gasteiger partial charge in [0.2, 0.25) is 0 Å². The number of nitrogens with zero attached hydrogens (tertiary/aromatic N) is 3. The summed E-state index contributed by atoms with van der Waals surface area (Å²) in [5.41, 5.74) is 2.78. The van der Waals surface area contributed by atoms with Crippen LogP contribution in [0.1, 0.15) is 5.69 Å². The maximum absolute atomic E-state index is 11.9. The zero-order chi connectivity index (χ0) is 13.0. The Labute approximate surface area is 107 Å². The molecule has 1 aromatic carbocycles. The molecule has 5 nitrogen and oxygen atoms in total. The highest BCUT2D eigenvalue weighted by atomic mass is 16.1. The van der Waals surface area contributed by atoms with Crippen molar-refractivity contribution in [2.45, 2.75) is 6.92 Å². The van der Waals surface area contributed by atoms with E-state index in [4.69, 9.17) is 0 Å². The Morgan fingerprint density at radius 2 is 2.00 bits per heavy atom. The van der Waals surface area contributed by atoms with E-state index < -0.39 is 0 Å². The van der Waals surface area contributed by atoms with Gasteiger partial charge in [-0.05, 0) is 19.1 Å². The van der Waals surface area contributed by atoms with E-state index in [0.717, 1.165) is 16.3 Å². The summed E-state index contributed by atoms with van der Waals surface area (Å²) >= 11 is 0. The molecule has 0 saturated heterocycles. The Morgan fingerprint density at radius 1 is 1.16 bits per heavy atom. The van der Waals surface area contributed by atoms with Crippen LogP contribution in [0.2, 0.25) is 0 Å². The van der Waals surface area contributed by atoms with Gasteiger partial charge in [0.15, 0.2) is 11.3 Å². The van der Waals surface area contributed by atoms with Gasteiger partial charge in [-0.3, -0.25) is 9.89 Å². The molecule has 0 unspecified atom stereocenters. The maximum Gasteiger partial charge on any atom is 0.272 e. The van der Waals surface area contributed by atoms with E-state index >= 15 is 0 Å². The van der Waals surface area contributed by atoms with Crippen molar-refractivity contribution in [2.24, 2.45) is 0 Å². The Balaban J connectivity index is 2.29. The lowest BCUT2D eigenvalue weighted by Gasteiger charge is -1.96. The second-order valence-electron chi connectivity index (χ2n) is 4.58. The normalized spacial score (nSPS) is 11.6. The quantitative estimate of drug-likeness (QED) is 0.519. The average molecular weight is 250 g/mol. The number of rotatable bonds is 0. The first kappa shape index (κ1) is 10.3. The molecule has 0 saturated carbocycles. The second-order valence-corrected chi connectivity index (χ2v) is 4.58. The molecule has 3 heterocycles. The number of pyridine rings is 1. The number of hydrogen-bond acceptors (Lipinski definition) is 3. The summed E-state index contributed by atoms with van der Waals surface area (Å²) in [6.45, 7) is 1.81. The third-order valence-corrected chi connectivity index (χ3v) is 3.23. The lowest BCUT2D eigenvalue weighted by Crippen LogP contribution is -2.14. The van der Waals surface area contributed by atoms with Crippen LogP contribution in [0.3, 0.4) is 0 Å². The van der Waals surface area contributed by atoms with Crippen molar-refractivity contribution in [3.63, 3.8) is 0 Å².